The van der Waals surface area contributed by atoms with Crippen LogP contribution in [0.15, 0.2) is 16.6 Å². The highest BCUT2D eigenvalue weighted by molar-refractivity contribution is 6.00. The van der Waals surface area contributed by atoms with Gasteiger partial charge in [-0.05, 0) is 18.0 Å². The molecule has 0 aromatic rings. The van der Waals surface area contributed by atoms with E-state index >= 15 is 0 Å². The molecular weight excluding hydrogens is 170 g/mol. The van der Waals surface area contributed by atoms with Crippen LogP contribution < -0.4 is 0 Å². The van der Waals surface area contributed by atoms with Crippen LogP contribution in [0.25, 0.3) is 0 Å². The van der Waals surface area contributed by atoms with Gasteiger partial charge in [0.1, 0.15) is 5.76 Å². The number of carbonyl (C=O) groups is 1. The molecule has 0 aromatic carbocycles. The number of fused-ring (bicyclic) bond motifs is 1. The Bertz CT molecular complexity index is 295. The van der Waals surface area contributed by atoms with Crippen LogP contribution >= 0.6 is 0 Å². The number of Topliss-reactive ketones (excluding diaryl/α,β-unsaturated/α-hetero) is 1. The number of allylic oxidation sites excluding steroid dienone is 2. The number of hydrogen-bond acceptors (Lipinski definition) is 4. The molecule has 2 unspecified atom stereocenters. The molecule has 0 aliphatic heterocycles. The maximum Gasteiger partial charge on any atom is 0.192 e. The van der Waals surface area contributed by atoms with E-state index in [2.05, 4.69) is 5.18 Å². The molecule has 2 rings (SSSR count). The summed E-state index contributed by atoms with van der Waals surface area (Å²) in [5.41, 5.74) is -0.225. The Morgan fingerprint density at radius 3 is 2.38 bits per heavy atom. The van der Waals surface area contributed by atoms with Crippen molar-refractivity contribution in [3.8, 4) is 0 Å². The van der Waals surface area contributed by atoms with Crippen molar-refractivity contribution in [2.45, 2.75) is 25.7 Å². The van der Waals surface area contributed by atoms with Gasteiger partial charge in [-0.25, -0.2) is 0 Å². The highest BCUT2D eigenvalue weighted by Gasteiger charge is 2.44. The fraction of sp³-hybridized carbons (Fsp3) is 0.667. The first-order chi connectivity index (χ1) is 6.25. The first-order valence-electron chi connectivity index (χ1n) is 4.56. The largest absolute Gasteiger partial charge is 0.509 e. The molecular formula is C9H11NO3. The molecule has 1 saturated carbocycles. The zero-order valence-electron chi connectivity index (χ0n) is 7.19. The monoisotopic (exact) mass is 181 g/mol. The number of nitrogens with zero attached hydrogens (tertiary/aromatic N) is 1. The topological polar surface area (TPSA) is 66.7 Å². The fourth-order valence-electron chi connectivity index (χ4n) is 2.34. The van der Waals surface area contributed by atoms with Gasteiger partial charge in [-0.15, -0.1) is 4.91 Å². The minimum absolute atomic E-state index is 0.0651. The summed E-state index contributed by atoms with van der Waals surface area (Å²) in [7, 11) is 0. The highest BCUT2D eigenvalue weighted by Crippen LogP contribution is 2.42. The van der Waals surface area contributed by atoms with E-state index < -0.39 is 0 Å². The standard InChI is InChI=1S/C9H11NO3/c11-8-5-3-1-2-4-6(5)9(12)7(8)10-13/h5-6,11H,1-4H2. The summed E-state index contributed by atoms with van der Waals surface area (Å²) < 4.78 is 0. The lowest BCUT2D eigenvalue weighted by atomic mass is 9.80. The van der Waals surface area contributed by atoms with Crippen molar-refractivity contribution < 1.29 is 9.90 Å². The number of hydrogen-bond donors (Lipinski definition) is 1. The third-order valence-corrected chi connectivity index (χ3v) is 3.02. The van der Waals surface area contributed by atoms with Crippen molar-refractivity contribution in [2.75, 3.05) is 0 Å². The minimum atomic E-state index is -0.253. The van der Waals surface area contributed by atoms with Crippen LogP contribution in [0.3, 0.4) is 0 Å². The molecule has 1 fully saturated rings. The average Bonchev–Trinajstić information content (AvgIpc) is 2.41. The van der Waals surface area contributed by atoms with Gasteiger partial charge in [0, 0.05) is 11.8 Å². The maximum absolute atomic E-state index is 11.5. The molecule has 0 aromatic heterocycles. The van der Waals surface area contributed by atoms with E-state index in [1.165, 1.54) is 0 Å². The van der Waals surface area contributed by atoms with Gasteiger partial charge in [0.2, 0.25) is 0 Å². The molecule has 2 atom stereocenters. The van der Waals surface area contributed by atoms with Gasteiger partial charge < -0.3 is 5.11 Å². The number of rotatable bonds is 1. The zero-order chi connectivity index (χ0) is 9.42. The second kappa shape index (κ2) is 2.94. The van der Waals surface area contributed by atoms with Crippen LogP contribution in [0.1, 0.15) is 25.7 Å². The van der Waals surface area contributed by atoms with Crippen LogP contribution in [-0.2, 0) is 4.79 Å². The van der Waals surface area contributed by atoms with Gasteiger partial charge in [-0.2, -0.15) is 0 Å². The van der Waals surface area contributed by atoms with Crippen molar-refractivity contribution in [1.82, 2.24) is 0 Å². The third kappa shape index (κ3) is 1.08. The molecule has 4 heteroatoms. The lowest BCUT2D eigenvalue weighted by molar-refractivity contribution is -0.120. The predicted molar refractivity (Wildman–Crippen MR) is 45.9 cm³/mol. The molecule has 1 N–H and O–H groups in total. The van der Waals surface area contributed by atoms with Crippen LogP contribution in [0.4, 0.5) is 0 Å². The summed E-state index contributed by atoms with van der Waals surface area (Å²) in [5.74, 6) is -0.600. The summed E-state index contributed by atoms with van der Waals surface area (Å²) in [6, 6.07) is 0. The SMILES string of the molecule is O=NC1=C(O)C2CCCCC2C1=O. The van der Waals surface area contributed by atoms with Crippen molar-refractivity contribution in [3.05, 3.63) is 16.4 Å². The molecule has 0 heterocycles. The van der Waals surface area contributed by atoms with E-state index in [0.717, 1.165) is 25.7 Å². The Hall–Kier alpha value is -1.19. The molecule has 0 saturated heterocycles. The van der Waals surface area contributed by atoms with Crippen molar-refractivity contribution in [2.24, 2.45) is 17.0 Å². The van der Waals surface area contributed by atoms with E-state index in [1.807, 2.05) is 0 Å². The lowest BCUT2D eigenvalue weighted by Gasteiger charge is -2.23. The zero-order valence-corrected chi connectivity index (χ0v) is 7.19. The van der Waals surface area contributed by atoms with Crippen molar-refractivity contribution >= 4 is 5.78 Å². The van der Waals surface area contributed by atoms with Crippen LogP contribution in [0.2, 0.25) is 0 Å². The first-order valence-corrected chi connectivity index (χ1v) is 4.56. The minimum Gasteiger partial charge on any atom is -0.509 e. The molecule has 0 radical (unpaired) electrons. The van der Waals surface area contributed by atoms with E-state index in [4.69, 9.17) is 0 Å². The van der Waals surface area contributed by atoms with E-state index in [9.17, 15) is 14.8 Å². The summed E-state index contributed by atoms with van der Waals surface area (Å²) >= 11 is 0. The second-order valence-corrected chi connectivity index (χ2v) is 3.69. The summed E-state index contributed by atoms with van der Waals surface area (Å²) in [6.45, 7) is 0. The molecule has 0 bridgehead atoms. The van der Waals surface area contributed by atoms with Crippen LogP contribution in [0, 0.1) is 16.7 Å². The Morgan fingerprint density at radius 1 is 1.23 bits per heavy atom. The Kier molecular flexibility index (Phi) is 1.90. The van der Waals surface area contributed by atoms with E-state index in [0.29, 0.717) is 0 Å². The Morgan fingerprint density at radius 2 is 1.85 bits per heavy atom. The number of aliphatic hydroxyl groups excluding tert-OH is 1. The number of carbonyl (C=O) groups excluding carboxylic acids is 1. The van der Waals surface area contributed by atoms with Gasteiger partial charge >= 0.3 is 0 Å². The highest BCUT2D eigenvalue weighted by atomic mass is 16.3. The van der Waals surface area contributed by atoms with E-state index in [1.54, 1.807) is 0 Å². The molecule has 4 nitrogen and oxygen atoms in total. The summed E-state index contributed by atoms with van der Waals surface area (Å²) in [5, 5.41) is 12.1. The summed E-state index contributed by atoms with van der Waals surface area (Å²) in [6.07, 6.45) is 3.62. The Labute approximate surface area is 75.6 Å². The number of aliphatic hydroxyl groups is 1. The summed E-state index contributed by atoms with van der Waals surface area (Å²) in [4.78, 5) is 21.8. The smallest absolute Gasteiger partial charge is 0.192 e. The van der Waals surface area contributed by atoms with Crippen LogP contribution in [0.5, 0.6) is 0 Å². The lowest BCUT2D eigenvalue weighted by Crippen LogP contribution is -2.21. The first kappa shape index (κ1) is 8.41. The quantitative estimate of drug-likeness (QED) is 0.628. The van der Waals surface area contributed by atoms with Crippen molar-refractivity contribution in [1.29, 1.82) is 0 Å². The van der Waals surface area contributed by atoms with Gasteiger partial charge in [0.15, 0.2) is 11.5 Å². The van der Waals surface area contributed by atoms with Gasteiger partial charge in [-0.3, -0.25) is 4.79 Å². The predicted octanol–water partition coefficient (Wildman–Crippen LogP) is 1.91. The molecule has 13 heavy (non-hydrogen) atoms. The van der Waals surface area contributed by atoms with Gasteiger partial charge in [0.25, 0.3) is 0 Å². The number of ketones is 1. The second-order valence-electron chi connectivity index (χ2n) is 3.69. The molecule has 0 amide bonds. The molecule has 2 aliphatic carbocycles. The molecule has 2 aliphatic rings. The molecule has 0 spiro atoms. The third-order valence-electron chi connectivity index (χ3n) is 3.02. The molecule has 70 valence electrons. The maximum atomic E-state index is 11.5. The average molecular weight is 181 g/mol. The fourth-order valence-corrected chi connectivity index (χ4v) is 2.34. The number of nitroso groups, excluding NO2 is 1. The van der Waals surface area contributed by atoms with Gasteiger partial charge in [0.05, 0.1) is 0 Å². The van der Waals surface area contributed by atoms with Crippen molar-refractivity contribution in [3.63, 3.8) is 0 Å². The van der Waals surface area contributed by atoms with Gasteiger partial charge in [-0.1, -0.05) is 12.8 Å². The Balaban J connectivity index is 2.33. The normalized spacial score (nSPS) is 33.4. The van der Waals surface area contributed by atoms with E-state index in [-0.39, 0.29) is 29.1 Å². The van der Waals surface area contributed by atoms with Crippen LogP contribution in [-0.4, -0.2) is 10.9 Å².